The van der Waals surface area contributed by atoms with Crippen LogP contribution in [0.4, 0.5) is 11.6 Å². The summed E-state index contributed by atoms with van der Waals surface area (Å²) in [5.74, 6) is 0.362. The molecule has 30 heavy (non-hydrogen) atoms. The number of hydrogen-bond acceptors (Lipinski definition) is 7. The molecule has 2 heterocycles. The number of aromatic nitrogens is 3. The first-order valence-electron chi connectivity index (χ1n) is 9.59. The lowest BCUT2D eigenvalue weighted by atomic mass is 10.2. The molecule has 0 spiro atoms. The lowest BCUT2D eigenvalue weighted by Gasteiger charge is -2.26. The Bertz CT molecular complexity index is 1020. The second-order valence-electron chi connectivity index (χ2n) is 7.64. The number of hydrogen-bond donors (Lipinski definition) is 1. The third-order valence-corrected chi connectivity index (χ3v) is 6.94. The topological polar surface area (TPSA) is 118 Å². The number of carboxylic acids is 1. The standard InChI is InChI=1S/C19H27N5O5S/c1-13-7-15(13)10-24(5-6-29-4)17-9-14(19(25)26)8-16(21-17)23(3)30(27,28)18-11-22(2)12-20-18/h8-9,11-13,15H,5-7,10H2,1-4H3,(H,25,26). The minimum Gasteiger partial charge on any atom is -0.478 e. The molecule has 2 aromatic heterocycles. The Labute approximate surface area is 176 Å². The summed E-state index contributed by atoms with van der Waals surface area (Å²) in [5.41, 5.74) is -0.0377. The zero-order valence-corrected chi connectivity index (χ0v) is 18.3. The van der Waals surface area contributed by atoms with E-state index in [2.05, 4.69) is 16.9 Å². The number of aromatic carboxylic acids is 1. The van der Waals surface area contributed by atoms with Crippen molar-refractivity contribution in [3.8, 4) is 0 Å². The van der Waals surface area contributed by atoms with Gasteiger partial charge in [0.2, 0.25) is 0 Å². The van der Waals surface area contributed by atoms with Crippen LogP contribution >= 0.6 is 0 Å². The van der Waals surface area contributed by atoms with Gasteiger partial charge < -0.3 is 19.3 Å². The lowest BCUT2D eigenvalue weighted by Crippen LogP contribution is -2.32. The summed E-state index contributed by atoms with van der Waals surface area (Å²) in [4.78, 5) is 22.1. The third kappa shape index (κ3) is 4.73. The van der Waals surface area contributed by atoms with Crippen molar-refractivity contribution < 1.29 is 23.1 Å². The van der Waals surface area contributed by atoms with Gasteiger partial charge in [0.05, 0.1) is 18.5 Å². The maximum Gasteiger partial charge on any atom is 0.335 e. The van der Waals surface area contributed by atoms with Crippen LogP contribution in [0.25, 0.3) is 0 Å². The zero-order chi connectivity index (χ0) is 22.1. The van der Waals surface area contributed by atoms with Crippen molar-refractivity contribution in [2.75, 3.05) is 43.1 Å². The van der Waals surface area contributed by atoms with Gasteiger partial charge in [-0.15, -0.1) is 0 Å². The summed E-state index contributed by atoms with van der Waals surface area (Å²) < 4.78 is 33.6. The molecule has 2 atom stereocenters. The number of carbonyl (C=O) groups is 1. The number of anilines is 2. The highest BCUT2D eigenvalue weighted by molar-refractivity contribution is 7.92. The molecule has 0 saturated heterocycles. The molecule has 0 bridgehead atoms. The molecule has 11 heteroatoms. The summed E-state index contributed by atoms with van der Waals surface area (Å²) in [6.45, 7) is 3.83. The number of sulfonamides is 1. The van der Waals surface area contributed by atoms with E-state index in [9.17, 15) is 18.3 Å². The van der Waals surface area contributed by atoms with Crippen molar-refractivity contribution in [3.63, 3.8) is 0 Å². The maximum atomic E-state index is 12.9. The summed E-state index contributed by atoms with van der Waals surface area (Å²) in [7, 11) is 0.609. The molecular weight excluding hydrogens is 410 g/mol. The second-order valence-corrected chi connectivity index (χ2v) is 9.56. The van der Waals surface area contributed by atoms with E-state index in [1.807, 2.05) is 4.90 Å². The van der Waals surface area contributed by atoms with E-state index in [-0.39, 0.29) is 16.4 Å². The molecule has 2 aromatic rings. The predicted molar refractivity (Wildman–Crippen MR) is 111 cm³/mol. The van der Waals surface area contributed by atoms with Crippen molar-refractivity contribution >= 4 is 27.6 Å². The molecule has 0 aliphatic heterocycles. The normalized spacial score (nSPS) is 18.3. The van der Waals surface area contributed by atoms with Crippen LogP contribution in [-0.2, 0) is 21.8 Å². The van der Waals surface area contributed by atoms with Gasteiger partial charge in [0.1, 0.15) is 11.6 Å². The van der Waals surface area contributed by atoms with Crippen LogP contribution in [0.2, 0.25) is 0 Å². The number of methoxy groups -OCH3 is 1. The average Bonchev–Trinajstić information content (AvgIpc) is 3.21. The number of carboxylic acid groups (broad SMARTS) is 1. The van der Waals surface area contributed by atoms with Gasteiger partial charge in [0, 0.05) is 40.5 Å². The fourth-order valence-corrected chi connectivity index (χ4v) is 4.27. The molecule has 1 saturated carbocycles. The molecule has 1 aliphatic rings. The van der Waals surface area contributed by atoms with Crippen molar-refractivity contribution in [1.82, 2.24) is 14.5 Å². The molecule has 1 fully saturated rings. The van der Waals surface area contributed by atoms with E-state index in [1.165, 1.54) is 36.3 Å². The van der Waals surface area contributed by atoms with Crippen LogP contribution in [0, 0.1) is 11.8 Å². The number of rotatable bonds is 10. The highest BCUT2D eigenvalue weighted by atomic mass is 32.2. The molecule has 0 aromatic carbocycles. The summed E-state index contributed by atoms with van der Waals surface area (Å²) >= 11 is 0. The number of ether oxygens (including phenoxy) is 1. The minimum atomic E-state index is -3.99. The highest BCUT2D eigenvalue weighted by Crippen LogP contribution is 2.39. The van der Waals surface area contributed by atoms with E-state index in [0.29, 0.717) is 37.4 Å². The fourth-order valence-electron chi connectivity index (χ4n) is 3.17. The van der Waals surface area contributed by atoms with Crippen LogP contribution in [0.5, 0.6) is 0 Å². The zero-order valence-electron chi connectivity index (χ0n) is 17.5. The van der Waals surface area contributed by atoms with Gasteiger partial charge in [0.15, 0.2) is 5.03 Å². The van der Waals surface area contributed by atoms with E-state index in [1.54, 1.807) is 14.2 Å². The maximum absolute atomic E-state index is 12.9. The van der Waals surface area contributed by atoms with Gasteiger partial charge in [-0.2, -0.15) is 8.42 Å². The van der Waals surface area contributed by atoms with Gasteiger partial charge in [-0.25, -0.2) is 14.8 Å². The molecule has 0 radical (unpaired) electrons. The monoisotopic (exact) mass is 437 g/mol. The van der Waals surface area contributed by atoms with Gasteiger partial charge in [-0.05, 0) is 30.4 Å². The lowest BCUT2D eigenvalue weighted by molar-refractivity contribution is 0.0696. The van der Waals surface area contributed by atoms with E-state index in [0.717, 1.165) is 10.7 Å². The number of imidazole rings is 1. The molecule has 3 rings (SSSR count). The first-order valence-corrected chi connectivity index (χ1v) is 11.0. The molecule has 10 nitrogen and oxygen atoms in total. The van der Waals surface area contributed by atoms with Gasteiger partial charge >= 0.3 is 5.97 Å². The van der Waals surface area contributed by atoms with Crippen LogP contribution in [0.3, 0.4) is 0 Å². The Morgan fingerprint density at radius 3 is 2.57 bits per heavy atom. The van der Waals surface area contributed by atoms with Crippen molar-refractivity contribution in [1.29, 1.82) is 0 Å². The van der Waals surface area contributed by atoms with E-state index in [4.69, 9.17) is 4.74 Å². The number of aryl methyl sites for hydroxylation is 1. The van der Waals surface area contributed by atoms with Crippen molar-refractivity contribution in [2.24, 2.45) is 18.9 Å². The fraction of sp³-hybridized carbons (Fsp3) is 0.526. The van der Waals surface area contributed by atoms with Gasteiger partial charge in [-0.3, -0.25) is 4.31 Å². The molecule has 164 valence electrons. The molecule has 1 N–H and O–H groups in total. The van der Waals surface area contributed by atoms with Crippen LogP contribution in [-0.4, -0.2) is 67.9 Å². The molecular formula is C19H27N5O5S. The highest BCUT2D eigenvalue weighted by Gasteiger charge is 2.35. The Morgan fingerprint density at radius 1 is 1.37 bits per heavy atom. The third-order valence-electron chi connectivity index (χ3n) is 5.29. The number of nitrogens with zero attached hydrogens (tertiary/aromatic N) is 5. The van der Waals surface area contributed by atoms with Crippen molar-refractivity contribution in [2.45, 2.75) is 18.4 Å². The Kier molecular flexibility index (Phi) is 6.32. The minimum absolute atomic E-state index is 0.0156. The second kappa shape index (κ2) is 8.60. The SMILES string of the molecule is COCCN(CC1CC1C)c1cc(C(=O)O)cc(N(C)S(=O)(=O)c2cn(C)cn2)n1. The molecule has 0 amide bonds. The molecule has 2 unspecified atom stereocenters. The van der Waals surface area contributed by atoms with Crippen molar-refractivity contribution in [3.05, 3.63) is 30.2 Å². The quantitative estimate of drug-likeness (QED) is 0.593. The largest absolute Gasteiger partial charge is 0.478 e. The van der Waals surface area contributed by atoms with Crippen LogP contribution < -0.4 is 9.21 Å². The Morgan fingerprint density at radius 2 is 2.03 bits per heavy atom. The first kappa shape index (κ1) is 22.0. The summed E-state index contributed by atoms with van der Waals surface area (Å²) in [5, 5.41) is 9.44. The molecule has 1 aliphatic carbocycles. The average molecular weight is 438 g/mol. The summed E-state index contributed by atoms with van der Waals surface area (Å²) in [6.07, 6.45) is 3.87. The Balaban J connectivity index is 1.99. The summed E-state index contributed by atoms with van der Waals surface area (Å²) in [6, 6.07) is 2.72. The predicted octanol–water partition coefficient (Wildman–Crippen LogP) is 1.45. The van der Waals surface area contributed by atoms with E-state index < -0.39 is 16.0 Å². The van der Waals surface area contributed by atoms with E-state index >= 15 is 0 Å². The first-order chi connectivity index (χ1) is 14.1. The van der Waals surface area contributed by atoms with Crippen LogP contribution in [0.1, 0.15) is 23.7 Å². The Hall–Kier alpha value is -2.66. The van der Waals surface area contributed by atoms with Gasteiger partial charge in [-0.1, -0.05) is 6.92 Å². The smallest absolute Gasteiger partial charge is 0.335 e. The van der Waals surface area contributed by atoms with Gasteiger partial charge in [0.25, 0.3) is 10.0 Å². The van der Waals surface area contributed by atoms with Crippen LogP contribution in [0.15, 0.2) is 29.7 Å². The number of pyridine rings is 1.